The van der Waals surface area contributed by atoms with E-state index in [4.69, 9.17) is 4.74 Å². The highest BCUT2D eigenvalue weighted by Gasteiger charge is 2.35. The third-order valence-corrected chi connectivity index (χ3v) is 7.38. The summed E-state index contributed by atoms with van der Waals surface area (Å²) in [6, 6.07) is 23.1. The number of rotatable bonds is 6. The summed E-state index contributed by atoms with van der Waals surface area (Å²) in [5.74, 6) is -0.638. The average molecular weight is 511 g/mol. The molecule has 0 atom stereocenters. The Bertz CT molecular complexity index is 1560. The van der Waals surface area contributed by atoms with Crippen LogP contribution in [0.25, 0.3) is 22.5 Å². The Kier molecular flexibility index (Phi) is 6.72. The van der Waals surface area contributed by atoms with E-state index in [0.717, 1.165) is 50.7 Å². The number of carbonyl (C=O) groups is 3. The molecule has 186 valence electrons. The van der Waals surface area contributed by atoms with Crippen molar-refractivity contribution in [3.63, 3.8) is 0 Å². The fraction of sp³-hybridized carbons (Fsp3) is 0.167. The van der Waals surface area contributed by atoms with E-state index in [-0.39, 0.29) is 23.7 Å². The first-order valence-electron chi connectivity index (χ1n) is 12.1. The van der Waals surface area contributed by atoms with E-state index in [9.17, 15) is 14.4 Å². The number of ether oxygens (including phenoxy) is 1. The van der Waals surface area contributed by atoms with Gasteiger partial charge in [0.25, 0.3) is 11.1 Å². The van der Waals surface area contributed by atoms with Crippen molar-refractivity contribution >= 4 is 45.7 Å². The summed E-state index contributed by atoms with van der Waals surface area (Å²) in [7, 11) is 0. The number of carbonyl (C=O) groups excluding carboxylic acids is 3. The maximum atomic E-state index is 13.3. The van der Waals surface area contributed by atoms with E-state index >= 15 is 0 Å². The van der Waals surface area contributed by atoms with Crippen LogP contribution in [0.1, 0.15) is 39.8 Å². The second-order valence-corrected chi connectivity index (χ2v) is 9.83. The van der Waals surface area contributed by atoms with Gasteiger partial charge < -0.3 is 9.30 Å². The number of fused-ring (bicyclic) bond motifs is 1. The van der Waals surface area contributed by atoms with E-state index in [1.807, 2.05) is 74.5 Å². The molecule has 1 fully saturated rings. The van der Waals surface area contributed by atoms with Gasteiger partial charge in [-0.2, -0.15) is 0 Å². The first-order valence-corrected chi connectivity index (χ1v) is 12.9. The van der Waals surface area contributed by atoms with Crippen molar-refractivity contribution in [1.82, 2.24) is 9.47 Å². The minimum absolute atomic E-state index is 0.231. The maximum absolute atomic E-state index is 13.3. The monoisotopic (exact) mass is 510 g/mol. The number of nitrogens with zero attached hydrogens (tertiary/aromatic N) is 2. The number of esters is 1. The molecule has 3 aromatic carbocycles. The van der Waals surface area contributed by atoms with Crippen LogP contribution < -0.4 is 0 Å². The Morgan fingerprint density at radius 2 is 1.70 bits per heavy atom. The predicted molar refractivity (Wildman–Crippen MR) is 147 cm³/mol. The summed E-state index contributed by atoms with van der Waals surface area (Å²) in [6.07, 6.45) is 1.79. The topological polar surface area (TPSA) is 68.6 Å². The third kappa shape index (κ3) is 4.70. The molecule has 0 spiro atoms. The molecule has 1 aromatic heterocycles. The highest BCUT2D eigenvalue weighted by Crippen LogP contribution is 2.35. The Hall–Kier alpha value is -4.10. The molecule has 4 aromatic rings. The molecular weight excluding hydrogens is 484 g/mol. The zero-order valence-corrected chi connectivity index (χ0v) is 21.7. The van der Waals surface area contributed by atoms with Gasteiger partial charge in [-0.05, 0) is 90.8 Å². The molecule has 0 bridgehead atoms. The summed E-state index contributed by atoms with van der Waals surface area (Å²) >= 11 is 0.969. The van der Waals surface area contributed by atoms with Crippen LogP contribution in [-0.2, 0) is 16.1 Å². The Labute approximate surface area is 219 Å². The van der Waals surface area contributed by atoms with E-state index in [1.54, 1.807) is 25.1 Å². The summed E-state index contributed by atoms with van der Waals surface area (Å²) < 4.78 is 7.12. The highest BCUT2D eigenvalue weighted by molar-refractivity contribution is 8.18. The first-order chi connectivity index (χ1) is 17.9. The van der Waals surface area contributed by atoms with Crippen LogP contribution in [0.15, 0.2) is 77.7 Å². The molecule has 37 heavy (non-hydrogen) atoms. The summed E-state index contributed by atoms with van der Waals surface area (Å²) in [5.41, 5.74) is 5.10. The van der Waals surface area contributed by atoms with Crippen molar-refractivity contribution in [2.45, 2.75) is 27.3 Å². The van der Waals surface area contributed by atoms with Gasteiger partial charge in [-0.15, -0.1) is 0 Å². The molecule has 0 aliphatic carbocycles. The smallest absolute Gasteiger partial charge is 0.338 e. The van der Waals surface area contributed by atoms with Crippen LogP contribution in [0.5, 0.6) is 0 Å². The molecule has 0 N–H and O–H groups in total. The average Bonchev–Trinajstić information content (AvgIpc) is 3.33. The van der Waals surface area contributed by atoms with Crippen LogP contribution in [0.4, 0.5) is 4.79 Å². The van der Waals surface area contributed by atoms with Crippen molar-refractivity contribution < 1.29 is 19.1 Å². The molecule has 2 amide bonds. The lowest BCUT2D eigenvalue weighted by Gasteiger charge is -2.14. The minimum Gasteiger partial charge on any atom is -0.462 e. The van der Waals surface area contributed by atoms with Gasteiger partial charge in [-0.1, -0.05) is 42.5 Å². The second-order valence-electron chi connectivity index (χ2n) is 8.84. The zero-order chi connectivity index (χ0) is 26.1. The molecule has 0 saturated carbocycles. The van der Waals surface area contributed by atoms with Crippen molar-refractivity contribution in [2.75, 3.05) is 6.61 Å². The summed E-state index contributed by atoms with van der Waals surface area (Å²) in [6.45, 7) is 6.29. The van der Waals surface area contributed by atoms with Crippen molar-refractivity contribution in [1.29, 1.82) is 0 Å². The summed E-state index contributed by atoms with van der Waals surface area (Å²) in [5, 5.41) is 1.84. The van der Waals surface area contributed by atoms with Crippen LogP contribution in [-0.4, -0.2) is 33.2 Å². The number of imide groups is 1. The minimum atomic E-state index is -0.352. The quantitative estimate of drug-likeness (QED) is 0.214. The van der Waals surface area contributed by atoms with E-state index in [2.05, 4.69) is 4.57 Å². The molecular formula is C30H26N2O4S. The molecule has 5 rings (SSSR count). The van der Waals surface area contributed by atoms with Gasteiger partial charge in [0, 0.05) is 17.1 Å². The number of benzene rings is 3. The standard InChI is InChI=1S/C30H26N2O4S/c1-4-36-29(34)22-12-14-25(15-13-22)32-19(2)16-24(20(32)3)17-27-28(33)31(30(35)37-27)18-23-10-7-9-21-8-5-6-11-26(21)23/h5-17H,4,18H2,1-3H3/b27-17+. The lowest BCUT2D eigenvalue weighted by Crippen LogP contribution is -2.27. The zero-order valence-electron chi connectivity index (χ0n) is 20.9. The van der Waals surface area contributed by atoms with Crippen LogP contribution in [0.2, 0.25) is 0 Å². The molecule has 2 heterocycles. The number of aryl methyl sites for hydroxylation is 1. The molecule has 1 aliphatic rings. The Morgan fingerprint density at radius 3 is 2.46 bits per heavy atom. The van der Waals surface area contributed by atoms with Gasteiger partial charge >= 0.3 is 5.97 Å². The fourth-order valence-corrected chi connectivity index (χ4v) is 5.50. The highest BCUT2D eigenvalue weighted by atomic mass is 32.2. The maximum Gasteiger partial charge on any atom is 0.338 e. The lowest BCUT2D eigenvalue weighted by atomic mass is 10.0. The van der Waals surface area contributed by atoms with Gasteiger partial charge in [0.2, 0.25) is 0 Å². The molecule has 1 aliphatic heterocycles. The molecule has 1 saturated heterocycles. The van der Waals surface area contributed by atoms with Crippen LogP contribution in [0, 0.1) is 13.8 Å². The van der Waals surface area contributed by atoms with Gasteiger partial charge in [0.05, 0.1) is 23.6 Å². The number of aromatic nitrogens is 1. The third-order valence-electron chi connectivity index (χ3n) is 6.48. The number of hydrogen-bond acceptors (Lipinski definition) is 5. The molecule has 0 unspecified atom stereocenters. The number of amides is 2. The van der Waals surface area contributed by atoms with E-state index in [1.165, 1.54) is 4.90 Å². The van der Waals surface area contributed by atoms with Gasteiger partial charge in [-0.3, -0.25) is 14.5 Å². The lowest BCUT2D eigenvalue weighted by molar-refractivity contribution is -0.123. The summed E-state index contributed by atoms with van der Waals surface area (Å²) in [4.78, 5) is 39.8. The molecule has 7 heteroatoms. The van der Waals surface area contributed by atoms with E-state index in [0.29, 0.717) is 17.1 Å². The van der Waals surface area contributed by atoms with Gasteiger partial charge in [0.1, 0.15) is 0 Å². The van der Waals surface area contributed by atoms with Gasteiger partial charge in [0.15, 0.2) is 0 Å². The van der Waals surface area contributed by atoms with Crippen molar-refractivity contribution in [3.8, 4) is 5.69 Å². The van der Waals surface area contributed by atoms with Crippen LogP contribution >= 0.6 is 11.8 Å². The van der Waals surface area contributed by atoms with Crippen molar-refractivity contribution in [2.24, 2.45) is 0 Å². The number of thioether (sulfide) groups is 1. The second kappa shape index (κ2) is 10.1. The largest absolute Gasteiger partial charge is 0.462 e. The normalized spacial score (nSPS) is 14.7. The fourth-order valence-electron chi connectivity index (χ4n) is 4.67. The molecule has 0 radical (unpaired) electrons. The van der Waals surface area contributed by atoms with E-state index < -0.39 is 0 Å². The Morgan fingerprint density at radius 1 is 0.973 bits per heavy atom. The molecule has 6 nitrogen and oxygen atoms in total. The SMILES string of the molecule is CCOC(=O)c1ccc(-n2c(C)cc(/C=C3/SC(=O)N(Cc4cccc5ccccc45)C3=O)c2C)cc1. The number of hydrogen-bond donors (Lipinski definition) is 0. The first kappa shape index (κ1) is 24.6. The van der Waals surface area contributed by atoms with Gasteiger partial charge in [-0.25, -0.2) is 4.79 Å². The van der Waals surface area contributed by atoms with Crippen molar-refractivity contribution in [3.05, 3.63) is 106 Å². The van der Waals surface area contributed by atoms with Crippen LogP contribution in [0.3, 0.4) is 0 Å². The Balaban J connectivity index is 1.40. The predicted octanol–water partition coefficient (Wildman–Crippen LogP) is 6.66.